The van der Waals surface area contributed by atoms with E-state index in [4.69, 9.17) is 16.3 Å². The van der Waals surface area contributed by atoms with Gasteiger partial charge in [-0.3, -0.25) is 9.36 Å². The number of nitrogens with zero attached hydrogens (tertiary/aromatic N) is 3. The molecule has 2 aliphatic rings. The number of aliphatic hydroxyl groups excluding tert-OH is 1. The van der Waals surface area contributed by atoms with Gasteiger partial charge in [0.1, 0.15) is 12.1 Å². The molecular formula is C23H22ClN3O3S. The summed E-state index contributed by atoms with van der Waals surface area (Å²) in [5.74, 6) is 0.672. The minimum atomic E-state index is -0.321. The van der Waals surface area contributed by atoms with Gasteiger partial charge in [0.2, 0.25) is 0 Å². The van der Waals surface area contributed by atoms with Crippen molar-refractivity contribution in [1.82, 2.24) is 9.55 Å². The predicted octanol–water partition coefficient (Wildman–Crippen LogP) is 3.86. The molecule has 0 bridgehead atoms. The van der Waals surface area contributed by atoms with Crippen molar-refractivity contribution in [2.75, 3.05) is 25.1 Å². The van der Waals surface area contributed by atoms with E-state index in [9.17, 15) is 9.90 Å². The number of thioether (sulfide) groups is 1. The van der Waals surface area contributed by atoms with Crippen LogP contribution in [0.3, 0.4) is 0 Å². The van der Waals surface area contributed by atoms with Gasteiger partial charge in [0.05, 0.1) is 35.2 Å². The van der Waals surface area contributed by atoms with E-state index in [1.165, 1.54) is 0 Å². The van der Waals surface area contributed by atoms with Crippen LogP contribution >= 0.6 is 23.4 Å². The van der Waals surface area contributed by atoms with Crippen LogP contribution in [0.1, 0.15) is 22.9 Å². The number of aliphatic hydroxyl groups is 1. The molecule has 1 saturated heterocycles. The van der Waals surface area contributed by atoms with Gasteiger partial charge >= 0.3 is 0 Å². The minimum Gasteiger partial charge on any atom is -0.495 e. The molecule has 5 rings (SSSR count). The molecule has 160 valence electrons. The Labute approximate surface area is 189 Å². The summed E-state index contributed by atoms with van der Waals surface area (Å²) in [5.41, 5.74) is 3.52. The van der Waals surface area contributed by atoms with Gasteiger partial charge in [-0.25, -0.2) is 4.98 Å². The highest BCUT2D eigenvalue weighted by Crippen LogP contribution is 2.44. The fourth-order valence-corrected chi connectivity index (χ4v) is 5.60. The third-order valence-corrected chi connectivity index (χ3v) is 7.45. The number of hydrogen-bond donors (Lipinski definition) is 1. The number of fused-ring (bicyclic) bond motifs is 1. The Kier molecular flexibility index (Phi) is 5.42. The fraction of sp³-hybridized carbons (Fsp3) is 0.304. The van der Waals surface area contributed by atoms with Crippen LogP contribution in [0, 0.1) is 0 Å². The van der Waals surface area contributed by atoms with E-state index in [2.05, 4.69) is 9.88 Å². The zero-order valence-electron chi connectivity index (χ0n) is 17.0. The third-order valence-electron chi connectivity index (χ3n) is 5.83. The zero-order chi connectivity index (χ0) is 21.5. The standard InChI is InChI=1S/C23H22ClN3O3S/c1-30-20-10-16(6-7-19(20)26-9-8-17(28)12-26)27-13-25-18-11-21(31-22(18)23(27)29)14-2-4-15(24)5-3-14/h2-7,10,13,17,21,28H,8-9,11-12H2,1H3/t17-,21?/m1/s1. The average Bonchev–Trinajstić information content (AvgIpc) is 3.41. The molecule has 1 aromatic heterocycles. The molecule has 0 aliphatic carbocycles. The molecule has 1 N–H and O–H groups in total. The van der Waals surface area contributed by atoms with Gasteiger partial charge < -0.3 is 14.7 Å². The van der Waals surface area contributed by atoms with Crippen molar-refractivity contribution in [3.63, 3.8) is 0 Å². The SMILES string of the molecule is COc1cc(-n2cnc3c(c2=O)SC(c2ccc(Cl)cc2)C3)ccc1N1CC[C@@H](O)C1. The summed E-state index contributed by atoms with van der Waals surface area (Å²) < 4.78 is 7.17. The van der Waals surface area contributed by atoms with E-state index in [1.807, 2.05) is 42.5 Å². The van der Waals surface area contributed by atoms with Crippen molar-refractivity contribution in [2.24, 2.45) is 0 Å². The minimum absolute atomic E-state index is 0.0714. The number of rotatable bonds is 4. The lowest BCUT2D eigenvalue weighted by Gasteiger charge is -2.21. The Morgan fingerprint density at radius 3 is 2.74 bits per heavy atom. The first-order chi connectivity index (χ1) is 15.0. The Balaban J connectivity index is 1.46. The van der Waals surface area contributed by atoms with Gasteiger partial charge in [-0.2, -0.15) is 0 Å². The Morgan fingerprint density at radius 1 is 1.23 bits per heavy atom. The lowest BCUT2D eigenvalue weighted by atomic mass is 10.1. The van der Waals surface area contributed by atoms with Crippen LogP contribution in [0.2, 0.25) is 5.02 Å². The van der Waals surface area contributed by atoms with Crippen molar-refractivity contribution >= 4 is 29.1 Å². The van der Waals surface area contributed by atoms with Crippen LogP contribution in [-0.2, 0) is 6.42 Å². The normalized spacial score (nSPS) is 20.2. The maximum absolute atomic E-state index is 13.3. The first-order valence-electron chi connectivity index (χ1n) is 10.2. The quantitative estimate of drug-likeness (QED) is 0.644. The maximum Gasteiger partial charge on any atom is 0.271 e. The highest BCUT2D eigenvalue weighted by atomic mass is 35.5. The van der Waals surface area contributed by atoms with E-state index in [1.54, 1.807) is 29.8 Å². The van der Waals surface area contributed by atoms with Gasteiger partial charge in [0, 0.05) is 35.8 Å². The fourth-order valence-electron chi connectivity index (χ4n) is 4.18. The Hall–Kier alpha value is -2.48. The molecule has 1 fully saturated rings. The second-order valence-electron chi connectivity index (χ2n) is 7.80. The Bertz CT molecular complexity index is 1180. The summed E-state index contributed by atoms with van der Waals surface area (Å²) in [4.78, 5) is 20.6. The van der Waals surface area contributed by atoms with Gasteiger partial charge in [-0.15, -0.1) is 11.8 Å². The smallest absolute Gasteiger partial charge is 0.271 e. The van der Waals surface area contributed by atoms with E-state index in [0.717, 1.165) is 36.3 Å². The molecule has 0 radical (unpaired) electrons. The second kappa shape index (κ2) is 8.22. The Morgan fingerprint density at radius 2 is 2.03 bits per heavy atom. The van der Waals surface area contributed by atoms with Crippen molar-refractivity contribution in [3.8, 4) is 11.4 Å². The van der Waals surface area contributed by atoms with E-state index in [-0.39, 0.29) is 16.9 Å². The zero-order valence-corrected chi connectivity index (χ0v) is 18.6. The summed E-state index contributed by atoms with van der Waals surface area (Å²) in [6, 6.07) is 13.4. The predicted molar refractivity (Wildman–Crippen MR) is 123 cm³/mol. The van der Waals surface area contributed by atoms with E-state index >= 15 is 0 Å². The number of benzene rings is 2. The van der Waals surface area contributed by atoms with E-state index in [0.29, 0.717) is 27.9 Å². The highest BCUT2D eigenvalue weighted by molar-refractivity contribution is 7.99. The number of hydrogen-bond acceptors (Lipinski definition) is 6. The first kappa shape index (κ1) is 20.4. The molecule has 2 aromatic carbocycles. The van der Waals surface area contributed by atoms with Crippen molar-refractivity contribution < 1.29 is 9.84 Å². The topological polar surface area (TPSA) is 67.6 Å². The molecule has 2 aliphatic heterocycles. The number of methoxy groups -OCH3 is 1. The monoisotopic (exact) mass is 455 g/mol. The molecule has 8 heteroatoms. The number of β-amino-alcohol motifs (C(OH)–C–C–N with tert-alkyl or cyclic N) is 1. The maximum atomic E-state index is 13.3. The molecule has 6 nitrogen and oxygen atoms in total. The lowest BCUT2D eigenvalue weighted by molar-refractivity contribution is 0.198. The average molecular weight is 456 g/mol. The van der Waals surface area contributed by atoms with Gasteiger partial charge in [-0.1, -0.05) is 23.7 Å². The molecule has 3 heterocycles. The van der Waals surface area contributed by atoms with Gasteiger partial charge in [-0.05, 0) is 36.2 Å². The van der Waals surface area contributed by atoms with E-state index < -0.39 is 0 Å². The number of aromatic nitrogens is 2. The largest absolute Gasteiger partial charge is 0.495 e. The lowest BCUT2D eigenvalue weighted by Crippen LogP contribution is -2.23. The third kappa shape index (κ3) is 3.82. The molecular weight excluding hydrogens is 434 g/mol. The van der Waals surface area contributed by atoms with Crippen molar-refractivity contribution in [3.05, 3.63) is 75.4 Å². The molecule has 2 atom stereocenters. The van der Waals surface area contributed by atoms with Crippen LogP contribution in [0.4, 0.5) is 5.69 Å². The van der Waals surface area contributed by atoms with Crippen LogP contribution in [-0.4, -0.2) is 41.0 Å². The number of ether oxygens (including phenoxy) is 1. The summed E-state index contributed by atoms with van der Waals surface area (Å²) >= 11 is 7.57. The molecule has 0 spiro atoms. The summed E-state index contributed by atoms with van der Waals surface area (Å²) in [7, 11) is 1.62. The number of halogens is 1. The molecule has 31 heavy (non-hydrogen) atoms. The first-order valence-corrected chi connectivity index (χ1v) is 11.4. The van der Waals surface area contributed by atoms with Crippen LogP contribution in [0.25, 0.3) is 5.69 Å². The van der Waals surface area contributed by atoms with Crippen LogP contribution < -0.4 is 15.2 Å². The van der Waals surface area contributed by atoms with Gasteiger partial charge in [0.25, 0.3) is 5.56 Å². The van der Waals surface area contributed by atoms with Crippen molar-refractivity contribution in [2.45, 2.75) is 29.1 Å². The van der Waals surface area contributed by atoms with Crippen LogP contribution in [0.15, 0.2) is 58.5 Å². The highest BCUT2D eigenvalue weighted by Gasteiger charge is 2.29. The molecule has 3 aromatic rings. The molecule has 0 saturated carbocycles. The summed E-state index contributed by atoms with van der Waals surface area (Å²) in [6.45, 7) is 1.36. The van der Waals surface area contributed by atoms with Crippen LogP contribution in [0.5, 0.6) is 5.75 Å². The summed E-state index contributed by atoms with van der Waals surface area (Å²) in [5, 5.41) is 10.7. The van der Waals surface area contributed by atoms with Crippen molar-refractivity contribution in [1.29, 1.82) is 0 Å². The van der Waals surface area contributed by atoms with Gasteiger partial charge in [0.15, 0.2) is 0 Å². The molecule has 0 amide bonds. The number of anilines is 1. The molecule has 1 unspecified atom stereocenters. The summed E-state index contributed by atoms with van der Waals surface area (Å²) in [6.07, 6.45) is 2.74. The second-order valence-corrected chi connectivity index (χ2v) is 9.45.